The summed E-state index contributed by atoms with van der Waals surface area (Å²) in [5, 5.41) is 0. The summed E-state index contributed by atoms with van der Waals surface area (Å²) in [6.45, 7) is 6.09. The number of nitrogens with zero attached hydrogens (tertiary/aromatic N) is 2. The second kappa shape index (κ2) is 11.4. The fourth-order valence-electron chi connectivity index (χ4n) is 4.54. The number of fused-ring (bicyclic) bond motifs is 1. The van der Waals surface area contributed by atoms with E-state index in [1.165, 1.54) is 29.4 Å². The Morgan fingerprint density at radius 3 is 2.71 bits per heavy atom. The SMILES string of the molecule is CCCCCc1ccc(C2Cc3cn([C@H]4CC[C@@H](COC(=O)[C@@H](N)C(C)C)O4)c(=O)nc3O2)cc1. The summed E-state index contributed by atoms with van der Waals surface area (Å²) in [6.07, 6.45) is 7.67. The zero-order valence-corrected chi connectivity index (χ0v) is 20.9. The van der Waals surface area contributed by atoms with Crippen LogP contribution in [0, 0.1) is 5.92 Å². The molecule has 0 bridgehead atoms. The third-order valence-electron chi connectivity index (χ3n) is 6.86. The molecule has 2 aromatic rings. The smallest absolute Gasteiger partial charge is 0.352 e. The molecule has 2 N–H and O–H groups in total. The summed E-state index contributed by atoms with van der Waals surface area (Å²) < 4.78 is 18.9. The van der Waals surface area contributed by atoms with Crippen molar-refractivity contribution in [1.82, 2.24) is 9.55 Å². The maximum atomic E-state index is 12.7. The molecule has 190 valence electrons. The zero-order valence-electron chi connectivity index (χ0n) is 20.9. The maximum absolute atomic E-state index is 12.7. The lowest BCUT2D eigenvalue weighted by Crippen LogP contribution is -2.38. The number of aromatic nitrogens is 2. The minimum Gasteiger partial charge on any atom is -0.469 e. The Morgan fingerprint density at radius 2 is 2.00 bits per heavy atom. The minimum atomic E-state index is -0.652. The van der Waals surface area contributed by atoms with Gasteiger partial charge in [-0.1, -0.05) is 57.9 Å². The summed E-state index contributed by atoms with van der Waals surface area (Å²) in [5.74, 6) is -0.0272. The molecule has 1 aromatic carbocycles. The van der Waals surface area contributed by atoms with Crippen LogP contribution in [0.1, 0.15) is 81.9 Å². The van der Waals surface area contributed by atoms with Crippen molar-refractivity contribution in [1.29, 1.82) is 0 Å². The quantitative estimate of drug-likeness (QED) is 0.404. The second-order valence-corrected chi connectivity index (χ2v) is 9.96. The number of carbonyl (C=O) groups excluding carboxylic acids is 1. The van der Waals surface area contributed by atoms with Gasteiger partial charge in [-0.05, 0) is 42.7 Å². The van der Waals surface area contributed by atoms with Gasteiger partial charge < -0.3 is 19.9 Å². The average molecular weight is 484 g/mol. The molecule has 8 nitrogen and oxygen atoms in total. The number of unbranched alkanes of at least 4 members (excludes halogenated alkanes) is 2. The third kappa shape index (κ3) is 6.11. The summed E-state index contributed by atoms with van der Waals surface area (Å²) in [6, 6.07) is 7.90. The van der Waals surface area contributed by atoms with Crippen molar-refractivity contribution < 1.29 is 19.0 Å². The first-order valence-electron chi connectivity index (χ1n) is 12.8. The van der Waals surface area contributed by atoms with Crippen LogP contribution in [-0.4, -0.2) is 34.3 Å². The Balaban J connectivity index is 1.35. The lowest BCUT2D eigenvalue weighted by Gasteiger charge is -2.18. The normalized spacial score (nSPS) is 22.1. The number of rotatable bonds is 10. The zero-order chi connectivity index (χ0) is 24.9. The molecule has 2 aliphatic rings. The first-order valence-corrected chi connectivity index (χ1v) is 12.8. The molecule has 1 aromatic heterocycles. The first kappa shape index (κ1) is 25.4. The molecule has 3 heterocycles. The van der Waals surface area contributed by atoms with Crippen LogP contribution in [0.15, 0.2) is 35.3 Å². The largest absolute Gasteiger partial charge is 0.469 e. The van der Waals surface area contributed by atoms with Gasteiger partial charge in [0.25, 0.3) is 0 Å². The van der Waals surface area contributed by atoms with Crippen molar-refractivity contribution in [3.63, 3.8) is 0 Å². The highest BCUT2D eigenvalue weighted by molar-refractivity contribution is 5.75. The number of aryl methyl sites for hydroxylation is 1. The molecule has 1 saturated heterocycles. The molecule has 4 atom stereocenters. The van der Waals surface area contributed by atoms with Crippen LogP contribution in [0.4, 0.5) is 0 Å². The molecule has 0 amide bonds. The molecular weight excluding hydrogens is 446 g/mol. The lowest BCUT2D eigenvalue weighted by molar-refractivity contribution is -0.151. The van der Waals surface area contributed by atoms with E-state index in [-0.39, 0.29) is 24.7 Å². The van der Waals surface area contributed by atoms with Crippen LogP contribution in [0.5, 0.6) is 5.88 Å². The third-order valence-corrected chi connectivity index (χ3v) is 6.86. The Morgan fingerprint density at radius 1 is 1.23 bits per heavy atom. The van der Waals surface area contributed by atoms with Gasteiger partial charge >= 0.3 is 11.7 Å². The van der Waals surface area contributed by atoms with Crippen LogP contribution in [0.3, 0.4) is 0 Å². The van der Waals surface area contributed by atoms with E-state index in [0.29, 0.717) is 25.1 Å². The molecule has 35 heavy (non-hydrogen) atoms. The van der Waals surface area contributed by atoms with Gasteiger partial charge in [0.15, 0.2) is 0 Å². The highest BCUT2D eigenvalue weighted by Crippen LogP contribution is 2.36. The van der Waals surface area contributed by atoms with Crippen LogP contribution in [0.25, 0.3) is 0 Å². The van der Waals surface area contributed by atoms with Gasteiger partial charge in [0.1, 0.15) is 25.0 Å². The Bertz CT molecular complexity index is 1070. The highest BCUT2D eigenvalue weighted by atomic mass is 16.6. The molecular formula is C27H37N3O5. The van der Waals surface area contributed by atoms with E-state index in [1.807, 2.05) is 13.8 Å². The summed E-state index contributed by atoms with van der Waals surface area (Å²) in [4.78, 5) is 28.9. The summed E-state index contributed by atoms with van der Waals surface area (Å²) in [5.41, 5.74) is 8.75. The van der Waals surface area contributed by atoms with Crippen LogP contribution >= 0.6 is 0 Å². The fourth-order valence-corrected chi connectivity index (χ4v) is 4.54. The predicted molar refractivity (Wildman–Crippen MR) is 132 cm³/mol. The monoisotopic (exact) mass is 483 g/mol. The molecule has 2 aliphatic heterocycles. The van der Waals surface area contributed by atoms with Crippen LogP contribution in [-0.2, 0) is 27.1 Å². The van der Waals surface area contributed by atoms with E-state index in [0.717, 1.165) is 17.5 Å². The van der Waals surface area contributed by atoms with Gasteiger partial charge in [-0.2, -0.15) is 4.98 Å². The number of nitrogens with two attached hydrogens (primary N) is 1. The molecule has 4 rings (SSSR count). The van der Waals surface area contributed by atoms with E-state index < -0.39 is 23.9 Å². The van der Waals surface area contributed by atoms with Crippen molar-refractivity contribution in [3.8, 4) is 5.88 Å². The maximum Gasteiger partial charge on any atom is 0.352 e. The number of ether oxygens (including phenoxy) is 3. The van der Waals surface area contributed by atoms with Crippen molar-refractivity contribution in [2.45, 2.75) is 90.2 Å². The molecule has 1 unspecified atom stereocenters. The molecule has 8 heteroatoms. The van der Waals surface area contributed by atoms with Gasteiger partial charge in [0, 0.05) is 18.2 Å². The predicted octanol–water partition coefficient (Wildman–Crippen LogP) is 3.86. The number of benzene rings is 1. The van der Waals surface area contributed by atoms with Gasteiger partial charge in [-0.3, -0.25) is 9.36 Å². The van der Waals surface area contributed by atoms with E-state index in [4.69, 9.17) is 19.9 Å². The van der Waals surface area contributed by atoms with E-state index in [9.17, 15) is 9.59 Å². The van der Waals surface area contributed by atoms with Crippen molar-refractivity contribution >= 4 is 5.97 Å². The van der Waals surface area contributed by atoms with Crippen molar-refractivity contribution in [2.24, 2.45) is 11.7 Å². The topological polar surface area (TPSA) is 106 Å². The number of hydrogen-bond acceptors (Lipinski definition) is 7. The minimum absolute atomic E-state index is 0.00517. The van der Waals surface area contributed by atoms with E-state index in [1.54, 1.807) is 6.20 Å². The lowest BCUT2D eigenvalue weighted by atomic mass is 10.0. The van der Waals surface area contributed by atoms with Crippen LogP contribution in [0.2, 0.25) is 0 Å². The second-order valence-electron chi connectivity index (χ2n) is 9.96. The van der Waals surface area contributed by atoms with Gasteiger partial charge in [-0.15, -0.1) is 0 Å². The van der Waals surface area contributed by atoms with E-state index in [2.05, 4.69) is 36.2 Å². The van der Waals surface area contributed by atoms with E-state index >= 15 is 0 Å². The molecule has 0 saturated carbocycles. The molecule has 0 spiro atoms. The van der Waals surface area contributed by atoms with Crippen LogP contribution < -0.4 is 16.2 Å². The molecule has 0 aliphatic carbocycles. The van der Waals surface area contributed by atoms with Gasteiger partial charge in [-0.25, -0.2) is 4.79 Å². The summed E-state index contributed by atoms with van der Waals surface area (Å²) >= 11 is 0. The fraction of sp³-hybridized carbons (Fsp3) is 0.593. The highest BCUT2D eigenvalue weighted by Gasteiger charge is 2.32. The van der Waals surface area contributed by atoms with Gasteiger partial charge in [0.05, 0.1) is 6.10 Å². The Hall–Kier alpha value is -2.71. The molecule has 1 fully saturated rings. The summed E-state index contributed by atoms with van der Waals surface area (Å²) in [7, 11) is 0. The number of hydrogen-bond donors (Lipinski definition) is 1. The molecule has 0 radical (unpaired) electrons. The van der Waals surface area contributed by atoms with Gasteiger partial charge in [0.2, 0.25) is 5.88 Å². The standard InChI is InChI=1S/C27H37N3O5/c1-4-5-6-7-18-8-10-19(11-9-18)22-14-20-15-30(27(32)29-25(20)35-22)23-13-12-21(34-23)16-33-26(31)24(28)17(2)3/h8-11,15,17,21-24H,4-7,12-14,16,28H2,1-3H3/t21-,22?,23+,24-/m0/s1. The van der Waals surface area contributed by atoms with Crippen molar-refractivity contribution in [3.05, 3.63) is 57.6 Å². The average Bonchev–Trinajstić information content (AvgIpc) is 3.48. The number of esters is 1. The first-order chi connectivity index (χ1) is 16.9. The Kier molecular flexibility index (Phi) is 8.23. The Labute approximate surface area is 206 Å². The number of carbonyl (C=O) groups is 1. The van der Waals surface area contributed by atoms with Crippen molar-refractivity contribution in [2.75, 3.05) is 6.61 Å².